The molecule has 0 saturated carbocycles. The number of carbonyl (C=O) groups is 1. The van der Waals surface area contributed by atoms with Gasteiger partial charge in [-0.25, -0.2) is 4.79 Å². The van der Waals surface area contributed by atoms with Gasteiger partial charge in [-0.05, 0) is 53.8 Å². The lowest BCUT2D eigenvalue weighted by Gasteiger charge is -2.27. The second-order valence-corrected chi connectivity index (χ2v) is 6.10. The average molecular weight is 340 g/mol. The van der Waals surface area contributed by atoms with Crippen molar-refractivity contribution < 1.29 is 27.8 Å². The first kappa shape index (κ1) is 15.6. The van der Waals surface area contributed by atoms with E-state index in [1.807, 2.05) is 18.4 Å². The molecule has 0 amide bonds. The normalized spacial score (nSPS) is 17.2. The van der Waals surface area contributed by atoms with E-state index in [1.54, 1.807) is 12.1 Å². The summed E-state index contributed by atoms with van der Waals surface area (Å²) in [6.45, 7) is 1.94. The van der Waals surface area contributed by atoms with Crippen molar-refractivity contribution in [1.82, 2.24) is 0 Å². The van der Waals surface area contributed by atoms with E-state index >= 15 is 0 Å². The SMILES string of the molecule is Cc1csc(-c2ccc3c(c2)C=C(C(=O)O)C(C(F)(F)F)O3)c1. The molecule has 2 heterocycles. The molecule has 1 atom stereocenters. The van der Waals surface area contributed by atoms with E-state index in [2.05, 4.69) is 0 Å². The number of carboxylic acids is 1. The summed E-state index contributed by atoms with van der Waals surface area (Å²) in [6.07, 6.45) is -6.21. The zero-order valence-corrected chi connectivity index (χ0v) is 12.7. The van der Waals surface area contributed by atoms with Crippen LogP contribution in [0.3, 0.4) is 0 Å². The maximum atomic E-state index is 13.0. The molecular formula is C16H11F3O3S. The third kappa shape index (κ3) is 2.96. The molecular weight excluding hydrogens is 329 g/mol. The van der Waals surface area contributed by atoms with E-state index in [4.69, 9.17) is 9.84 Å². The minimum absolute atomic E-state index is 0.0225. The van der Waals surface area contributed by atoms with Crippen molar-refractivity contribution in [2.24, 2.45) is 0 Å². The van der Waals surface area contributed by atoms with E-state index in [0.29, 0.717) is 5.56 Å². The highest BCUT2D eigenvalue weighted by atomic mass is 32.1. The number of hydrogen-bond donors (Lipinski definition) is 1. The summed E-state index contributed by atoms with van der Waals surface area (Å²) in [6, 6.07) is 6.69. The number of fused-ring (bicyclic) bond motifs is 1. The highest BCUT2D eigenvalue weighted by molar-refractivity contribution is 7.13. The Bertz CT molecular complexity index is 805. The van der Waals surface area contributed by atoms with Gasteiger partial charge in [0.05, 0.1) is 5.57 Å². The van der Waals surface area contributed by atoms with E-state index < -0.39 is 23.8 Å². The highest BCUT2D eigenvalue weighted by Crippen LogP contribution is 2.39. The second kappa shape index (κ2) is 5.42. The molecule has 1 N–H and O–H groups in total. The summed E-state index contributed by atoms with van der Waals surface area (Å²) in [4.78, 5) is 12.1. The molecule has 7 heteroatoms. The summed E-state index contributed by atoms with van der Waals surface area (Å²) >= 11 is 1.51. The van der Waals surface area contributed by atoms with Crippen LogP contribution in [0.15, 0.2) is 35.2 Å². The molecule has 0 radical (unpaired) electrons. The molecule has 3 nitrogen and oxygen atoms in total. The van der Waals surface area contributed by atoms with Crippen LogP contribution in [0.25, 0.3) is 16.5 Å². The zero-order chi connectivity index (χ0) is 16.8. The number of hydrogen-bond acceptors (Lipinski definition) is 3. The number of ether oxygens (including phenoxy) is 1. The van der Waals surface area contributed by atoms with Crippen LogP contribution in [0.4, 0.5) is 13.2 Å². The van der Waals surface area contributed by atoms with Gasteiger partial charge in [-0.1, -0.05) is 0 Å². The molecule has 0 bridgehead atoms. The molecule has 0 spiro atoms. The lowest BCUT2D eigenvalue weighted by Crippen LogP contribution is -2.40. The summed E-state index contributed by atoms with van der Waals surface area (Å²) in [7, 11) is 0. The summed E-state index contributed by atoms with van der Waals surface area (Å²) in [5.41, 5.74) is 1.39. The fourth-order valence-electron chi connectivity index (χ4n) is 2.36. The monoisotopic (exact) mass is 340 g/mol. The molecule has 3 rings (SSSR count). The molecule has 0 aliphatic carbocycles. The number of rotatable bonds is 2. The van der Waals surface area contributed by atoms with Crippen molar-refractivity contribution in [3.8, 4) is 16.2 Å². The first-order valence-electron chi connectivity index (χ1n) is 6.63. The molecule has 1 aromatic heterocycles. The smallest absolute Gasteiger partial charge is 0.430 e. The number of thiophene rings is 1. The molecule has 0 saturated heterocycles. The number of aliphatic carboxylic acids is 1. The number of aryl methyl sites for hydroxylation is 1. The van der Waals surface area contributed by atoms with Crippen molar-refractivity contribution in [3.05, 3.63) is 46.3 Å². The van der Waals surface area contributed by atoms with Crippen LogP contribution in [-0.2, 0) is 4.79 Å². The predicted molar refractivity (Wildman–Crippen MR) is 80.6 cm³/mol. The van der Waals surface area contributed by atoms with Crippen LogP contribution in [0.5, 0.6) is 5.75 Å². The first-order valence-corrected chi connectivity index (χ1v) is 7.51. The third-order valence-corrected chi connectivity index (χ3v) is 4.50. The summed E-state index contributed by atoms with van der Waals surface area (Å²) < 4.78 is 43.8. The van der Waals surface area contributed by atoms with E-state index in [1.165, 1.54) is 17.4 Å². The van der Waals surface area contributed by atoms with E-state index in [-0.39, 0.29) is 5.75 Å². The first-order chi connectivity index (χ1) is 10.8. The average Bonchev–Trinajstić information content (AvgIpc) is 2.91. The Morgan fingerprint density at radius 2 is 2.04 bits per heavy atom. The summed E-state index contributed by atoms with van der Waals surface area (Å²) in [5, 5.41) is 11.0. The van der Waals surface area contributed by atoms with Gasteiger partial charge < -0.3 is 9.84 Å². The van der Waals surface area contributed by atoms with E-state index in [0.717, 1.165) is 22.1 Å². The Balaban J connectivity index is 2.07. The fraction of sp³-hybridized carbons (Fsp3) is 0.188. The van der Waals surface area contributed by atoms with Crippen molar-refractivity contribution in [3.63, 3.8) is 0 Å². The van der Waals surface area contributed by atoms with Gasteiger partial charge in [0, 0.05) is 10.4 Å². The molecule has 2 aromatic rings. The summed E-state index contributed by atoms with van der Waals surface area (Å²) in [5.74, 6) is -1.62. The number of alkyl halides is 3. The Morgan fingerprint density at radius 1 is 1.30 bits per heavy atom. The van der Waals surface area contributed by atoms with Crippen LogP contribution in [0.1, 0.15) is 11.1 Å². The maximum absolute atomic E-state index is 13.0. The fourth-order valence-corrected chi connectivity index (χ4v) is 3.25. The molecule has 0 fully saturated rings. The molecule has 23 heavy (non-hydrogen) atoms. The molecule has 1 aliphatic heterocycles. The number of benzene rings is 1. The molecule has 1 aromatic carbocycles. The third-order valence-electron chi connectivity index (χ3n) is 3.41. The largest absolute Gasteiger partial charge is 0.478 e. The topological polar surface area (TPSA) is 46.5 Å². The Hall–Kier alpha value is -2.28. The van der Waals surface area contributed by atoms with Crippen LogP contribution in [0.2, 0.25) is 0 Å². The predicted octanol–water partition coefficient (Wildman–Crippen LogP) is 4.51. The van der Waals surface area contributed by atoms with Gasteiger partial charge in [0.25, 0.3) is 0 Å². The Kier molecular flexibility index (Phi) is 3.68. The van der Waals surface area contributed by atoms with Gasteiger partial charge in [-0.3, -0.25) is 0 Å². The number of carboxylic acid groups (broad SMARTS) is 1. The molecule has 1 aliphatic rings. The minimum atomic E-state index is -4.79. The molecule has 1 unspecified atom stereocenters. The van der Waals surface area contributed by atoms with Gasteiger partial charge in [0.1, 0.15) is 5.75 Å². The lowest BCUT2D eigenvalue weighted by atomic mass is 9.99. The van der Waals surface area contributed by atoms with Crippen molar-refractivity contribution in [2.45, 2.75) is 19.2 Å². The van der Waals surface area contributed by atoms with Crippen molar-refractivity contribution in [2.75, 3.05) is 0 Å². The van der Waals surface area contributed by atoms with Gasteiger partial charge in [0.2, 0.25) is 6.10 Å². The Labute approximate surface area is 133 Å². The number of halogens is 3. The van der Waals surface area contributed by atoms with Crippen LogP contribution >= 0.6 is 11.3 Å². The van der Waals surface area contributed by atoms with Crippen LogP contribution in [-0.4, -0.2) is 23.4 Å². The van der Waals surface area contributed by atoms with Gasteiger partial charge in [-0.2, -0.15) is 13.2 Å². The van der Waals surface area contributed by atoms with Gasteiger partial charge in [-0.15, -0.1) is 11.3 Å². The maximum Gasteiger partial charge on any atom is 0.430 e. The quantitative estimate of drug-likeness (QED) is 0.875. The Morgan fingerprint density at radius 3 is 2.61 bits per heavy atom. The van der Waals surface area contributed by atoms with Crippen molar-refractivity contribution >= 4 is 23.4 Å². The van der Waals surface area contributed by atoms with Gasteiger partial charge >= 0.3 is 12.1 Å². The van der Waals surface area contributed by atoms with Crippen molar-refractivity contribution in [1.29, 1.82) is 0 Å². The highest BCUT2D eigenvalue weighted by Gasteiger charge is 2.48. The van der Waals surface area contributed by atoms with Gasteiger partial charge in [0.15, 0.2) is 0 Å². The van der Waals surface area contributed by atoms with Crippen LogP contribution in [0, 0.1) is 6.92 Å². The minimum Gasteiger partial charge on any atom is -0.478 e. The lowest BCUT2D eigenvalue weighted by molar-refractivity contribution is -0.187. The zero-order valence-electron chi connectivity index (χ0n) is 11.8. The van der Waals surface area contributed by atoms with Crippen LogP contribution < -0.4 is 4.74 Å². The molecule has 120 valence electrons. The second-order valence-electron chi connectivity index (χ2n) is 5.19. The van der Waals surface area contributed by atoms with E-state index in [9.17, 15) is 18.0 Å². The standard InChI is InChI=1S/C16H11F3O3S/c1-8-4-13(23-7-8)9-2-3-12-10(5-9)6-11(15(20)21)14(22-12)16(17,18)19/h2-7,14H,1H3,(H,20,21).